The van der Waals surface area contributed by atoms with Crippen molar-refractivity contribution >= 4 is 28.4 Å². The summed E-state index contributed by atoms with van der Waals surface area (Å²) < 4.78 is 1.61. The first-order valence-corrected chi connectivity index (χ1v) is 6.03. The lowest BCUT2D eigenvalue weighted by atomic mass is 10.1. The van der Waals surface area contributed by atoms with E-state index in [2.05, 4.69) is 15.4 Å². The Kier molecular flexibility index (Phi) is 2.83. The molecular formula is C14H12N4O2. The Balaban J connectivity index is 2.20. The van der Waals surface area contributed by atoms with Crippen LogP contribution in [0.1, 0.15) is 10.4 Å². The van der Waals surface area contributed by atoms with Crippen LogP contribution in [0.5, 0.6) is 0 Å². The third kappa shape index (κ3) is 1.97. The molecule has 0 aliphatic carbocycles. The van der Waals surface area contributed by atoms with Gasteiger partial charge in [0, 0.05) is 18.9 Å². The number of aromatic nitrogens is 3. The highest BCUT2D eigenvalue weighted by Crippen LogP contribution is 2.28. The molecule has 0 atom stereocenters. The molecule has 3 rings (SSSR count). The summed E-state index contributed by atoms with van der Waals surface area (Å²) in [5.41, 5.74) is 2.07. The van der Waals surface area contributed by atoms with E-state index < -0.39 is 5.97 Å². The molecule has 0 amide bonds. The number of nitrogens with one attached hydrogen (secondary N) is 1. The molecule has 100 valence electrons. The van der Waals surface area contributed by atoms with E-state index in [0.29, 0.717) is 16.7 Å². The molecule has 0 saturated carbocycles. The predicted molar refractivity (Wildman–Crippen MR) is 75.2 cm³/mol. The van der Waals surface area contributed by atoms with Crippen molar-refractivity contribution in [3.05, 3.63) is 48.3 Å². The number of fused-ring (bicyclic) bond motifs is 1. The van der Waals surface area contributed by atoms with Crippen LogP contribution in [0.2, 0.25) is 0 Å². The van der Waals surface area contributed by atoms with E-state index >= 15 is 0 Å². The number of anilines is 2. The molecule has 1 aromatic carbocycles. The fourth-order valence-corrected chi connectivity index (χ4v) is 2.06. The molecule has 0 aliphatic heterocycles. The zero-order valence-corrected chi connectivity index (χ0v) is 10.7. The highest BCUT2D eigenvalue weighted by Gasteiger charge is 2.16. The van der Waals surface area contributed by atoms with E-state index in [4.69, 9.17) is 0 Å². The van der Waals surface area contributed by atoms with Crippen LogP contribution in [0, 0.1) is 0 Å². The van der Waals surface area contributed by atoms with E-state index in [-0.39, 0.29) is 5.56 Å². The topological polar surface area (TPSA) is 80.0 Å². The molecule has 0 bridgehead atoms. The van der Waals surface area contributed by atoms with Crippen molar-refractivity contribution in [1.29, 1.82) is 0 Å². The zero-order chi connectivity index (χ0) is 14.1. The Morgan fingerprint density at radius 1 is 1.25 bits per heavy atom. The van der Waals surface area contributed by atoms with Crippen LogP contribution < -0.4 is 5.32 Å². The largest absolute Gasteiger partial charge is 0.478 e. The molecule has 0 aliphatic rings. The second kappa shape index (κ2) is 4.65. The van der Waals surface area contributed by atoms with Gasteiger partial charge in [0.05, 0.1) is 17.3 Å². The minimum Gasteiger partial charge on any atom is -0.478 e. The van der Waals surface area contributed by atoms with Crippen LogP contribution in [0.4, 0.5) is 11.4 Å². The maximum Gasteiger partial charge on any atom is 0.339 e. The summed E-state index contributed by atoms with van der Waals surface area (Å²) in [6.07, 6.45) is 2.96. The number of nitrogens with zero attached hydrogens (tertiary/aromatic N) is 3. The number of para-hydroxylation sites is 1. The number of aryl methyl sites for hydroxylation is 1. The first-order chi connectivity index (χ1) is 9.66. The number of carboxylic acid groups (broad SMARTS) is 1. The van der Waals surface area contributed by atoms with Crippen molar-refractivity contribution in [3.8, 4) is 0 Å². The van der Waals surface area contributed by atoms with Crippen molar-refractivity contribution in [2.24, 2.45) is 7.05 Å². The third-order valence-electron chi connectivity index (χ3n) is 3.04. The lowest BCUT2D eigenvalue weighted by Gasteiger charge is -2.10. The van der Waals surface area contributed by atoms with Gasteiger partial charge in [0.25, 0.3) is 0 Å². The van der Waals surface area contributed by atoms with Gasteiger partial charge in [-0.1, -0.05) is 18.2 Å². The molecule has 6 nitrogen and oxygen atoms in total. The van der Waals surface area contributed by atoms with Gasteiger partial charge in [0.1, 0.15) is 5.56 Å². The summed E-state index contributed by atoms with van der Waals surface area (Å²) in [5, 5.41) is 17.2. The fourth-order valence-electron chi connectivity index (χ4n) is 2.06. The molecule has 3 aromatic rings. The molecule has 0 fully saturated rings. The second-order valence-electron chi connectivity index (χ2n) is 4.35. The Bertz CT molecular complexity index is 780. The first kappa shape index (κ1) is 12.2. The van der Waals surface area contributed by atoms with Crippen molar-refractivity contribution in [3.63, 3.8) is 0 Å². The van der Waals surface area contributed by atoms with E-state index in [1.54, 1.807) is 17.9 Å². The van der Waals surface area contributed by atoms with Gasteiger partial charge in [-0.25, -0.2) is 9.78 Å². The van der Waals surface area contributed by atoms with Crippen LogP contribution in [0.25, 0.3) is 11.0 Å². The maximum atomic E-state index is 11.4. The summed E-state index contributed by atoms with van der Waals surface area (Å²) >= 11 is 0. The van der Waals surface area contributed by atoms with Crippen molar-refractivity contribution in [2.45, 2.75) is 0 Å². The molecule has 2 N–H and O–H groups in total. The predicted octanol–water partition coefficient (Wildman–Crippen LogP) is 2.41. The van der Waals surface area contributed by atoms with Crippen molar-refractivity contribution < 1.29 is 9.90 Å². The normalized spacial score (nSPS) is 10.7. The average Bonchev–Trinajstić information content (AvgIpc) is 2.82. The van der Waals surface area contributed by atoms with Crippen molar-refractivity contribution in [1.82, 2.24) is 14.8 Å². The van der Waals surface area contributed by atoms with Gasteiger partial charge in [0.15, 0.2) is 5.65 Å². The number of rotatable bonds is 3. The molecule has 0 spiro atoms. The van der Waals surface area contributed by atoms with Gasteiger partial charge in [-0.15, -0.1) is 0 Å². The SMILES string of the molecule is Cn1ncc2c(Nc3ccccc3)c(C(=O)O)cnc21. The molecular weight excluding hydrogens is 256 g/mol. The quantitative estimate of drug-likeness (QED) is 0.762. The van der Waals surface area contributed by atoms with Crippen LogP contribution in [-0.2, 0) is 7.05 Å². The number of carboxylic acids is 1. The summed E-state index contributed by atoms with van der Waals surface area (Å²) in [6, 6.07) is 9.40. The average molecular weight is 268 g/mol. The zero-order valence-electron chi connectivity index (χ0n) is 10.7. The Morgan fingerprint density at radius 3 is 2.70 bits per heavy atom. The van der Waals surface area contributed by atoms with Crippen LogP contribution in [0.3, 0.4) is 0 Å². The van der Waals surface area contributed by atoms with E-state index in [1.165, 1.54) is 6.20 Å². The Labute approximate surface area is 114 Å². The Hall–Kier alpha value is -2.89. The lowest BCUT2D eigenvalue weighted by molar-refractivity contribution is 0.0697. The van der Waals surface area contributed by atoms with E-state index in [1.807, 2.05) is 30.3 Å². The molecule has 0 radical (unpaired) electrons. The minimum absolute atomic E-state index is 0.120. The summed E-state index contributed by atoms with van der Waals surface area (Å²) in [6.45, 7) is 0. The monoisotopic (exact) mass is 268 g/mol. The molecule has 20 heavy (non-hydrogen) atoms. The fraction of sp³-hybridized carbons (Fsp3) is 0.0714. The number of carbonyl (C=O) groups is 1. The maximum absolute atomic E-state index is 11.4. The first-order valence-electron chi connectivity index (χ1n) is 6.03. The standard InChI is InChI=1S/C14H12N4O2/c1-18-13-10(8-16-18)12(11(7-15-13)14(19)20)17-9-5-3-2-4-6-9/h2-8H,1H3,(H,15,17)(H,19,20). The molecule has 2 heterocycles. The lowest BCUT2D eigenvalue weighted by Crippen LogP contribution is -2.05. The summed E-state index contributed by atoms with van der Waals surface area (Å²) in [4.78, 5) is 15.5. The van der Waals surface area contributed by atoms with Crippen LogP contribution in [0.15, 0.2) is 42.7 Å². The minimum atomic E-state index is -1.03. The van der Waals surface area contributed by atoms with Gasteiger partial charge in [-0.2, -0.15) is 5.10 Å². The highest BCUT2D eigenvalue weighted by atomic mass is 16.4. The second-order valence-corrected chi connectivity index (χ2v) is 4.35. The highest BCUT2D eigenvalue weighted by molar-refractivity contribution is 6.04. The van der Waals surface area contributed by atoms with Gasteiger partial charge < -0.3 is 10.4 Å². The summed E-state index contributed by atoms with van der Waals surface area (Å²) in [7, 11) is 1.77. The molecule has 0 saturated heterocycles. The van der Waals surface area contributed by atoms with Crippen molar-refractivity contribution in [2.75, 3.05) is 5.32 Å². The van der Waals surface area contributed by atoms with Crippen LogP contribution >= 0.6 is 0 Å². The van der Waals surface area contributed by atoms with E-state index in [9.17, 15) is 9.90 Å². The molecule has 6 heteroatoms. The molecule has 2 aromatic heterocycles. The van der Waals surface area contributed by atoms with E-state index in [0.717, 1.165) is 5.69 Å². The summed E-state index contributed by atoms with van der Waals surface area (Å²) in [5.74, 6) is -1.03. The number of pyridine rings is 1. The Morgan fingerprint density at radius 2 is 2.00 bits per heavy atom. The number of hydrogen-bond donors (Lipinski definition) is 2. The van der Waals surface area contributed by atoms with Gasteiger partial charge in [-0.3, -0.25) is 4.68 Å². The van der Waals surface area contributed by atoms with Gasteiger partial charge >= 0.3 is 5.97 Å². The van der Waals surface area contributed by atoms with Gasteiger partial charge in [-0.05, 0) is 12.1 Å². The third-order valence-corrected chi connectivity index (χ3v) is 3.04. The number of aromatic carboxylic acids is 1. The molecule has 0 unspecified atom stereocenters. The number of hydrogen-bond acceptors (Lipinski definition) is 4. The van der Waals surface area contributed by atoms with Gasteiger partial charge in [0.2, 0.25) is 0 Å². The number of benzene rings is 1. The smallest absolute Gasteiger partial charge is 0.339 e. The van der Waals surface area contributed by atoms with Crippen LogP contribution in [-0.4, -0.2) is 25.8 Å².